The zero-order chi connectivity index (χ0) is 16.8. The predicted octanol–water partition coefficient (Wildman–Crippen LogP) is 3.33. The summed E-state index contributed by atoms with van der Waals surface area (Å²) in [5, 5.41) is 11.6. The lowest BCUT2D eigenvalue weighted by atomic mass is 9.96. The second-order valence-corrected chi connectivity index (χ2v) is 5.65. The summed E-state index contributed by atoms with van der Waals surface area (Å²) in [5.41, 5.74) is 0.0114. The third-order valence-electron chi connectivity index (χ3n) is 3.57. The van der Waals surface area contributed by atoms with E-state index in [0.29, 0.717) is 18.5 Å². The van der Waals surface area contributed by atoms with Gasteiger partial charge in [0.15, 0.2) is 0 Å². The molecule has 22 heavy (non-hydrogen) atoms. The van der Waals surface area contributed by atoms with Gasteiger partial charge in [-0.05, 0) is 36.0 Å². The summed E-state index contributed by atoms with van der Waals surface area (Å²) >= 11 is 0. The summed E-state index contributed by atoms with van der Waals surface area (Å²) in [7, 11) is 0. The first-order chi connectivity index (χ1) is 10.2. The number of carbonyl (C=O) groups is 1. The fourth-order valence-corrected chi connectivity index (χ4v) is 2.08. The molecule has 0 aliphatic carbocycles. The fourth-order valence-electron chi connectivity index (χ4n) is 2.08. The molecule has 0 bridgehead atoms. The number of hydrogen-bond donors (Lipinski definition) is 2. The van der Waals surface area contributed by atoms with Crippen LogP contribution in [0.25, 0.3) is 0 Å². The van der Waals surface area contributed by atoms with Crippen LogP contribution in [0.4, 0.5) is 13.2 Å². The molecule has 0 radical (unpaired) electrons. The third-order valence-corrected chi connectivity index (χ3v) is 3.57. The number of nitrogens with one attached hydrogen (secondary N) is 1. The Kier molecular flexibility index (Phi) is 6.87. The molecule has 1 amide bonds. The van der Waals surface area contributed by atoms with E-state index in [1.807, 2.05) is 6.92 Å². The number of aliphatic hydroxyl groups is 1. The Hall–Kier alpha value is -1.56. The highest BCUT2D eigenvalue weighted by Gasteiger charge is 2.30. The van der Waals surface area contributed by atoms with Crippen molar-refractivity contribution in [1.82, 2.24) is 5.32 Å². The van der Waals surface area contributed by atoms with Crippen LogP contribution in [-0.4, -0.2) is 24.2 Å². The maximum absolute atomic E-state index is 12.5. The average Bonchev–Trinajstić information content (AvgIpc) is 2.44. The summed E-state index contributed by atoms with van der Waals surface area (Å²) in [4.78, 5) is 11.8. The Morgan fingerprint density at radius 1 is 1.23 bits per heavy atom. The molecule has 0 saturated carbocycles. The Labute approximate surface area is 128 Å². The SMILES string of the molecule is CC(CCO)CNC(=O)CC(C)c1ccc(C(F)(F)F)cc1. The second kappa shape index (κ2) is 8.17. The van der Waals surface area contributed by atoms with Gasteiger partial charge in [0, 0.05) is 19.6 Å². The molecule has 3 nitrogen and oxygen atoms in total. The van der Waals surface area contributed by atoms with Crippen LogP contribution in [0.2, 0.25) is 0 Å². The van der Waals surface area contributed by atoms with Crippen molar-refractivity contribution in [3.8, 4) is 0 Å². The van der Waals surface area contributed by atoms with E-state index in [1.54, 1.807) is 6.92 Å². The van der Waals surface area contributed by atoms with Crippen LogP contribution in [0.1, 0.15) is 43.7 Å². The molecule has 0 aliphatic heterocycles. The minimum Gasteiger partial charge on any atom is -0.396 e. The molecule has 2 N–H and O–H groups in total. The summed E-state index contributed by atoms with van der Waals surface area (Å²) in [6.07, 6.45) is -3.51. The van der Waals surface area contributed by atoms with Gasteiger partial charge in [0.2, 0.25) is 5.91 Å². The molecule has 124 valence electrons. The topological polar surface area (TPSA) is 49.3 Å². The molecule has 1 aromatic rings. The van der Waals surface area contributed by atoms with Gasteiger partial charge in [-0.1, -0.05) is 26.0 Å². The van der Waals surface area contributed by atoms with Crippen molar-refractivity contribution in [2.24, 2.45) is 5.92 Å². The number of hydrogen-bond acceptors (Lipinski definition) is 2. The number of amides is 1. The molecule has 0 heterocycles. The zero-order valence-electron chi connectivity index (χ0n) is 12.8. The van der Waals surface area contributed by atoms with E-state index < -0.39 is 11.7 Å². The molecule has 0 aromatic heterocycles. The lowest BCUT2D eigenvalue weighted by Gasteiger charge is -2.15. The summed E-state index contributed by atoms with van der Waals surface area (Å²) in [5.74, 6) is -0.108. The van der Waals surface area contributed by atoms with E-state index in [-0.39, 0.29) is 30.8 Å². The number of rotatable bonds is 7. The van der Waals surface area contributed by atoms with Crippen LogP contribution < -0.4 is 5.32 Å². The molecule has 0 fully saturated rings. The van der Waals surface area contributed by atoms with E-state index in [0.717, 1.165) is 12.1 Å². The quantitative estimate of drug-likeness (QED) is 0.810. The minimum atomic E-state index is -4.35. The second-order valence-electron chi connectivity index (χ2n) is 5.65. The number of aliphatic hydroxyl groups excluding tert-OH is 1. The first-order valence-electron chi connectivity index (χ1n) is 7.28. The molecular formula is C16H22F3NO2. The van der Waals surface area contributed by atoms with Crippen molar-refractivity contribution in [1.29, 1.82) is 0 Å². The van der Waals surface area contributed by atoms with Crippen LogP contribution in [0.15, 0.2) is 24.3 Å². The summed E-state index contributed by atoms with van der Waals surface area (Å²) in [6, 6.07) is 4.89. The Morgan fingerprint density at radius 2 is 1.82 bits per heavy atom. The largest absolute Gasteiger partial charge is 0.416 e. The van der Waals surface area contributed by atoms with Gasteiger partial charge in [0.25, 0.3) is 0 Å². The van der Waals surface area contributed by atoms with Crippen LogP contribution >= 0.6 is 0 Å². The van der Waals surface area contributed by atoms with E-state index in [2.05, 4.69) is 5.32 Å². The molecule has 0 spiro atoms. The van der Waals surface area contributed by atoms with E-state index >= 15 is 0 Å². The molecule has 2 unspecified atom stereocenters. The van der Waals surface area contributed by atoms with Crippen LogP contribution in [-0.2, 0) is 11.0 Å². The monoisotopic (exact) mass is 317 g/mol. The Bertz CT molecular complexity index is 471. The Balaban J connectivity index is 2.51. The van der Waals surface area contributed by atoms with Gasteiger partial charge in [0.1, 0.15) is 0 Å². The van der Waals surface area contributed by atoms with Gasteiger partial charge in [0.05, 0.1) is 5.56 Å². The third kappa shape index (κ3) is 6.05. The highest BCUT2D eigenvalue weighted by Crippen LogP contribution is 2.30. The van der Waals surface area contributed by atoms with Gasteiger partial charge in [-0.25, -0.2) is 0 Å². The lowest BCUT2D eigenvalue weighted by Crippen LogP contribution is -2.29. The highest BCUT2D eigenvalue weighted by atomic mass is 19.4. The predicted molar refractivity (Wildman–Crippen MR) is 78.4 cm³/mol. The number of halogens is 3. The van der Waals surface area contributed by atoms with Crippen molar-refractivity contribution in [3.63, 3.8) is 0 Å². The van der Waals surface area contributed by atoms with Crippen molar-refractivity contribution < 1.29 is 23.1 Å². The maximum Gasteiger partial charge on any atom is 0.416 e. The van der Waals surface area contributed by atoms with Gasteiger partial charge in [-0.2, -0.15) is 13.2 Å². The molecule has 0 aliphatic rings. The van der Waals surface area contributed by atoms with Crippen LogP contribution in [0.5, 0.6) is 0 Å². The van der Waals surface area contributed by atoms with E-state index in [1.165, 1.54) is 12.1 Å². The number of carbonyl (C=O) groups excluding carboxylic acids is 1. The van der Waals surface area contributed by atoms with Crippen molar-refractivity contribution in [2.75, 3.05) is 13.2 Å². The molecule has 2 atom stereocenters. The average molecular weight is 317 g/mol. The number of benzene rings is 1. The van der Waals surface area contributed by atoms with Gasteiger partial charge < -0.3 is 10.4 Å². The molecule has 1 aromatic carbocycles. The van der Waals surface area contributed by atoms with E-state index in [9.17, 15) is 18.0 Å². The number of alkyl halides is 3. The first-order valence-corrected chi connectivity index (χ1v) is 7.28. The van der Waals surface area contributed by atoms with Crippen molar-refractivity contribution in [2.45, 2.75) is 38.8 Å². The van der Waals surface area contributed by atoms with Gasteiger partial charge >= 0.3 is 6.18 Å². The van der Waals surface area contributed by atoms with Crippen LogP contribution in [0, 0.1) is 5.92 Å². The molecule has 1 rings (SSSR count). The van der Waals surface area contributed by atoms with Gasteiger partial charge in [-0.15, -0.1) is 0 Å². The summed E-state index contributed by atoms with van der Waals surface area (Å²) in [6.45, 7) is 4.30. The molecular weight excluding hydrogens is 295 g/mol. The van der Waals surface area contributed by atoms with Crippen molar-refractivity contribution in [3.05, 3.63) is 35.4 Å². The Morgan fingerprint density at radius 3 is 2.32 bits per heavy atom. The summed E-state index contributed by atoms with van der Waals surface area (Å²) < 4.78 is 37.5. The molecule has 0 saturated heterocycles. The maximum atomic E-state index is 12.5. The fraction of sp³-hybridized carbons (Fsp3) is 0.562. The lowest BCUT2D eigenvalue weighted by molar-refractivity contribution is -0.137. The van der Waals surface area contributed by atoms with E-state index in [4.69, 9.17) is 5.11 Å². The highest BCUT2D eigenvalue weighted by molar-refractivity contribution is 5.76. The zero-order valence-corrected chi connectivity index (χ0v) is 12.8. The van der Waals surface area contributed by atoms with Crippen LogP contribution in [0.3, 0.4) is 0 Å². The molecule has 6 heteroatoms. The first kappa shape index (κ1) is 18.5. The standard InChI is InChI=1S/C16H22F3NO2/c1-11(7-8-21)10-20-15(22)9-12(2)13-3-5-14(6-4-13)16(17,18)19/h3-6,11-12,21H,7-10H2,1-2H3,(H,20,22). The minimum absolute atomic E-state index is 0.0823. The smallest absolute Gasteiger partial charge is 0.396 e. The van der Waals surface area contributed by atoms with Gasteiger partial charge in [-0.3, -0.25) is 4.79 Å². The van der Waals surface area contributed by atoms with Crippen molar-refractivity contribution >= 4 is 5.91 Å². The normalized spacial score (nSPS) is 14.5.